The summed E-state index contributed by atoms with van der Waals surface area (Å²) >= 11 is 1.11. The van der Waals surface area contributed by atoms with E-state index in [1.54, 1.807) is 26.0 Å². The lowest BCUT2D eigenvalue weighted by Gasteiger charge is -2.08. The Labute approximate surface area is 147 Å². The first-order chi connectivity index (χ1) is 11.9. The van der Waals surface area contributed by atoms with E-state index in [2.05, 4.69) is 15.8 Å². The summed E-state index contributed by atoms with van der Waals surface area (Å²) in [7, 11) is 0. The number of anilines is 2. The SMILES string of the molecule is Cc1cc(NC(=O)CSCC(=O)Nc2cccc([N+](=O)[O-])c2C)no1. The molecule has 2 N–H and O–H groups in total. The highest BCUT2D eigenvalue weighted by Gasteiger charge is 2.15. The molecule has 2 aromatic rings. The summed E-state index contributed by atoms with van der Waals surface area (Å²) < 4.78 is 4.83. The van der Waals surface area contributed by atoms with Crippen LogP contribution in [0, 0.1) is 24.0 Å². The van der Waals surface area contributed by atoms with E-state index in [-0.39, 0.29) is 29.0 Å². The maximum absolute atomic E-state index is 11.9. The molecule has 0 aliphatic rings. The summed E-state index contributed by atoms with van der Waals surface area (Å²) in [4.78, 5) is 34.0. The number of nitro groups is 1. The zero-order valence-electron chi connectivity index (χ0n) is 13.6. The van der Waals surface area contributed by atoms with E-state index in [9.17, 15) is 19.7 Å². The number of aryl methyl sites for hydroxylation is 1. The van der Waals surface area contributed by atoms with Gasteiger partial charge >= 0.3 is 0 Å². The van der Waals surface area contributed by atoms with Crippen LogP contribution in [0.2, 0.25) is 0 Å². The van der Waals surface area contributed by atoms with Crippen LogP contribution < -0.4 is 10.6 Å². The normalized spacial score (nSPS) is 10.3. The molecule has 2 rings (SSSR count). The van der Waals surface area contributed by atoms with Gasteiger partial charge in [0.15, 0.2) is 5.82 Å². The van der Waals surface area contributed by atoms with Crippen molar-refractivity contribution >= 4 is 40.8 Å². The van der Waals surface area contributed by atoms with Gasteiger partial charge in [-0.05, 0) is 19.9 Å². The summed E-state index contributed by atoms with van der Waals surface area (Å²) in [6.45, 7) is 3.27. The second-order valence-corrected chi connectivity index (χ2v) is 6.10. The zero-order chi connectivity index (χ0) is 18.4. The van der Waals surface area contributed by atoms with Gasteiger partial charge in [0.1, 0.15) is 5.76 Å². The topological polar surface area (TPSA) is 127 Å². The number of nitrogens with zero attached hydrogens (tertiary/aromatic N) is 2. The third-order valence-corrected chi connectivity index (χ3v) is 4.07. The Balaban J connectivity index is 1.80. The van der Waals surface area contributed by atoms with Crippen molar-refractivity contribution in [2.45, 2.75) is 13.8 Å². The van der Waals surface area contributed by atoms with Crippen molar-refractivity contribution in [2.24, 2.45) is 0 Å². The van der Waals surface area contributed by atoms with Crippen molar-refractivity contribution < 1.29 is 19.0 Å². The predicted molar refractivity (Wildman–Crippen MR) is 93.7 cm³/mol. The van der Waals surface area contributed by atoms with E-state index in [1.807, 2.05) is 0 Å². The average Bonchev–Trinajstić information content (AvgIpc) is 2.94. The van der Waals surface area contributed by atoms with Gasteiger partial charge in [0.2, 0.25) is 11.8 Å². The lowest BCUT2D eigenvalue weighted by atomic mass is 10.1. The van der Waals surface area contributed by atoms with Gasteiger partial charge in [-0.15, -0.1) is 11.8 Å². The first kappa shape index (κ1) is 18.5. The molecule has 25 heavy (non-hydrogen) atoms. The van der Waals surface area contributed by atoms with Gasteiger partial charge in [-0.3, -0.25) is 19.7 Å². The molecule has 0 saturated carbocycles. The van der Waals surface area contributed by atoms with Crippen molar-refractivity contribution in [1.82, 2.24) is 5.16 Å². The summed E-state index contributed by atoms with van der Waals surface area (Å²) in [5.41, 5.74) is 0.694. The molecule has 2 amide bonds. The number of nitrogens with one attached hydrogen (secondary N) is 2. The third-order valence-electron chi connectivity index (χ3n) is 3.14. The molecule has 10 heteroatoms. The molecule has 0 unspecified atom stereocenters. The van der Waals surface area contributed by atoms with Crippen LogP contribution in [0.5, 0.6) is 0 Å². The Hall–Kier alpha value is -2.88. The molecule has 0 fully saturated rings. The molecule has 9 nitrogen and oxygen atoms in total. The second-order valence-electron chi connectivity index (χ2n) is 5.12. The number of carbonyl (C=O) groups is 2. The fraction of sp³-hybridized carbons (Fsp3) is 0.267. The van der Waals surface area contributed by atoms with Crippen LogP contribution in [0.25, 0.3) is 0 Å². The summed E-state index contributed by atoms with van der Waals surface area (Å²) in [6, 6.07) is 6.04. The minimum absolute atomic E-state index is 0.0351. The van der Waals surface area contributed by atoms with E-state index in [0.717, 1.165) is 11.8 Å². The molecular weight excluding hydrogens is 348 g/mol. The van der Waals surface area contributed by atoms with E-state index in [4.69, 9.17) is 4.52 Å². The van der Waals surface area contributed by atoms with Crippen molar-refractivity contribution in [1.29, 1.82) is 0 Å². The number of nitro benzene ring substituents is 1. The fourth-order valence-corrected chi connectivity index (χ4v) is 2.60. The number of thioether (sulfide) groups is 1. The molecule has 1 aromatic carbocycles. The van der Waals surface area contributed by atoms with Crippen molar-refractivity contribution in [3.05, 3.63) is 45.7 Å². The number of hydrogen-bond acceptors (Lipinski definition) is 7. The monoisotopic (exact) mass is 364 g/mol. The van der Waals surface area contributed by atoms with Crippen LogP contribution >= 0.6 is 11.8 Å². The molecule has 0 aliphatic carbocycles. The standard InChI is InChI=1S/C15H16N4O5S/c1-9-6-13(18-24-9)17-15(21)8-25-7-14(20)16-11-4-3-5-12(10(11)2)19(22)23/h3-6H,7-8H2,1-2H3,(H,16,20)(H,17,18,21). The maximum Gasteiger partial charge on any atom is 0.274 e. The molecule has 132 valence electrons. The van der Waals surface area contributed by atoms with Crippen LogP contribution in [-0.4, -0.2) is 33.4 Å². The highest BCUT2D eigenvalue weighted by Crippen LogP contribution is 2.25. The minimum Gasteiger partial charge on any atom is -0.360 e. The summed E-state index contributed by atoms with van der Waals surface area (Å²) in [5, 5.41) is 19.7. The Morgan fingerprint density at radius 3 is 2.52 bits per heavy atom. The smallest absolute Gasteiger partial charge is 0.274 e. The molecule has 1 heterocycles. The number of benzene rings is 1. The first-order valence-corrected chi connectivity index (χ1v) is 8.37. The lowest BCUT2D eigenvalue weighted by molar-refractivity contribution is -0.385. The molecule has 0 radical (unpaired) electrons. The maximum atomic E-state index is 11.9. The van der Waals surface area contributed by atoms with Crippen LogP contribution in [0.15, 0.2) is 28.8 Å². The van der Waals surface area contributed by atoms with Crippen LogP contribution in [0.4, 0.5) is 17.2 Å². The summed E-state index contributed by atoms with van der Waals surface area (Å²) in [6.07, 6.45) is 0. The molecular formula is C15H16N4O5S. The second kappa shape index (κ2) is 8.29. The van der Waals surface area contributed by atoms with Crippen molar-refractivity contribution in [2.75, 3.05) is 22.1 Å². The van der Waals surface area contributed by atoms with Gasteiger partial charge < -0.3 is 15.2 Å². The molecule has 0 saturated heterocycles. The third kappa shape index (κ3) is 5.31. The van der Waals surface area contributed by atoms with Gasteiger partial charge in [0, 0.05) is 12.1 Å². The van der Waals surface area contributed by atoms with Gasteiger partial charge in [-0.2, -0.15) is 0 Å². The zero-order valence-corrected chi connectivity index (χ0v) is 14.4. The Kier molecular flexibility index (Phi) is 6.12. The van der Waals surface area contributed by atoms with Crippen molar-refractivity contribution in [3.8, 4) is 0 Å². The number of amides is 2. The predicted octanol–water partition coefficient (Wildman–Crippen LogP) is 2.51. The van der Waals surface area contributed by atoms with Crippen molar-refractivity contribution in [3.63, 3.8) is 0 Å². The average molecular weight is 364 g/mol. The van der Waals surface area contributed by atoms with E-state index in [0.29, 0.717) is 22.8 Å². The molecule has 0 atom stereocenters. The lowest BCUT2D eigenvalue weighted by Crippen LogP contribution is -2.19. The van der Waals surface area contributed by atoms with Crippen LogP contribution in [0.3, 0.4) is 0 Å². The quantitative estimate of drug-likeness (QED) is 0.570. The molecule has 0 bridgehead atoms. The number of hydrogen-bond donors (Lipinski definition) is 2. The van der Waals surface area contributed by atoms with Crippen LogP contribution in [-0.2, 0) is 9.59 Å². The van der Waals surface area contributed by atoms with Gasteiger partial charge in [0.05, 0.1) is 27.7 Å². The minimum atomic E-state index is -0.504. The summed E-state index contributed by atoms with van der Waals surface area (Å²) in [5.74, 6) is 0.339. The Morgan fingerprint density at radius 1 is 1.24 bits per heavy atom. The van der Waals surface area contributed by atoms with E-state index < -0.39 is 4.92 Å². The molecule has 1 aromatic heterocycles. The fourth-order valence-electron chi connectivity index (χ4n) is 1.98. The first-order valence-electron chi connectivity index (χ1n) is 7.21. The Bertz CT molecular complexity index is 805. The largest absolute Gasteiger partial charge is 0.360 e. The highest BCUT2D eigenvalue weighted by atomic mass is 32.2. The molecule has 0 spiro atoms. The van der Waals surface area contributed by atoms with Gasteiger partial charge in [-0.1, -0.05) is 11.2 Å². The highest BCUT2D eigenvalue weighted by molar-refractivity contribution is 8.00. The van der Waals surface area contributed by atoms with E-state index >= 15 is 0 Å². The van der Waals surface area contributed by atoms with Gasteiger partial charge in [0.25, 0.3) is 5.69 Å². The molecule has 0 aliphatic heterocycles. The van der Waals surface area contributed by atoms with Crippen LogP contribution in [0.1, 0.15) is 11.3 Å². The van der Waals surface area contributed by atoms with Gasteiger partial charge in [-0.25, -0.2) is 0 Å². The number of aromatic nitrogens is 1. The number of rotatable bonds is 7. The van der Waals surface area contributed by atoms with E-state index in [1.165, 1.54) is 12.1 Å². The Morgan fingerprint density at radius 2 is 1.92 bits per heavy atom. The number of carbonyl (C=O) groups excluding carboxylic acids is 2.